The zero-order valence-corrected chi connectivity index (χ0v) is 12.6. The van der Waals surface area contributed by atoms with Gasteiger partial charge in [-0.05, 0) is 32.3 Å². The summed E-state index contributed by atoms with van der Waals surface area (Å²) in [4.78, 5) is 0. The summed E-state index contributed by atoms with van der Waals surface area (Å²) in [5, 5.41) is 13.6. The highest BCUT2D eigenvalue weighted by molar-refractivity contribution is 5.33. The molecule has 0 heterocycles. The number of para-hydroxylation sites is 1. The average Bonchev–Trinajstić information content (AvgIpc) is 2.29. The van der Waals surface area contributed by atoms with Gasteiger partial charge in [-0.15, -0.1) is 0 Å². The van der Waals surface area contributed by atoms with Crippen molar-refractivity contribution in [2.45, 2.75) is 46.3 Å². The van der Waals surface area contributed by atoms with Gasteiger partial charge in [0.2, 0.25) is 0 Å². The minimum atomic E-state index is -0.658. The third-order valence-electron chi connectivity index (χ3n) is 2.94. The Hall–Kier alpha value is -1.06. The zero-order chi connectivity index (χ0) is 14.3. The first kappa shape index (κ1) is 16.0. The topological polar surface area (TPSA) is 41.5 Å². The normalized spacial score (nSPS) is 14.4. The molecule has 19 heavy (non-hydrogen) atoms. The second kappa shape index (κ2) is 7.51. The molecule has 0 spiro atoms. The van der Waals surface area contributed by atoms with Crippen LogP contribution in [0.4, 0.5) is 0 Å². The predicted octanol–water partition coefficient (Wildman–Crippen LogP) is 2.97. The molecule has 0 bridgehead atoms. The van der Waals surface area contributed by atoms with E-state index in [9.17, 15) is 5.11 Å². The van der Waals surface area contributed by atoms with Crippen molar-refractivity contribution in [3.63, 3.8) is 0 Å². The van der Waals surface area contributed by atoms with E-state index in [0.717, 1.165) is 17.7 Å². The van der Waals surface area contributed by atoms with Crippen LogP contribution in [0.1, 0.15) is 39.7 Å². The van der Waals surface area contributed by atoms with Gasteiger partial charge in [-0.25, -0.2) is 0 Å². The van der Waals surface area contributed by atoms with Crippen LogP contribution in [-0.4, -0.2) is 23.9 Å². The molecule has 1 unspecified atom stereocenters. The first-order chi connectivity index (χ1) is 8.94. The second-order valence-electron chi connectivity index (χ2n) is 5.74. The third-order valence-corrected chi connectivity index (χ3v) is 2.94. The molecule has 2 N–H and O–H groups in total. The molecule has 3 nitrogen and oxygen atoms in total. The van der Waals surface area contributed by atoms with E-state index >= 15 is 0 Å². The largest absolute Gasteiger partial charge is 0.494 e. The lowest BCUT2D eigenvalue weighted by Gasteiger charge is -2.26. The summed E-state index contributed by atoms with van der Waals surface area (Å²) in [7, 11) is 0. The molecule has 3 heteroatoms. The number of rotatable bonds is 8. The van der Waals surface area contributed by atoms with Crippen LogP contribution >= 0.6 is 0 Å². The first-order valence-electron chi connectivity index (χ1n) is 7.08. The zero-order valence-electron chi connectivity index (χ0n) is 12.6. The highest BCUT2D eigenvalue weighted by Crippen LogP contribution is 2.19. The lowest BCUT2D eigenvalue weighted by atomic mass is 9.94. The van der Waals surface area contributed by atoms with E-state index in [1.165, 1.54) is 0 Å². The molecule has 0 saturated heterocycles. The fourth-order valence-electron chi connectivity index (χ4n) is 2.36. The van der Waals surface area contributed by atoms with E-state index in [-0.39, 0.29) is 0 Å². The number of nitrogens with one attached hydrogen (secondary N) is 1. The molecule has 0 aliphatic carbocycles. The summed E-state index contributed by atoms with van der Waals surface area (Å²) in [6.07, 6.45) is 0.799. The van der Waals surface area contributed by atoms with Gasteiger partial charge in [0.15, 0.2) is 0 Å². The van der Waals surface area contributed by atoms with Gasteiger partial charge < -0.3 is 15.2 Å². The molecule has 1 aromatic carbocycles. The Kier molecular flexibility index (Phi) is 6.32. The molecule has 0 aliphatic heterocycles. The standard InChI is InChI=1S/C16H27NO2/c1-5-19-15-9-7-6-8-14(15)11-17-12-16(4,18)10-13(2)3/h6-9,13,17-18H,5,10-12H2,1-4H3. The molecule has 0 aromatic heterocycles. The van der Waals surface area contributed by atoms with Crippen molar-refractivity contribution in [2.75, 3.05) is 13.2 Å². The summed E-state index contributed by atoms with van der Waals surface area (Å²) in [6.45, 7) is 10.1. The van der Waals surface area contributed by atoms with E-state index in [2.05, 4.69) is 25.2 Å². The van der Waals surface area contributed by atoms with E-state index < -0.39 is 5.60 Å². The van der Waals surface area contributed by atoms with Gasteiger partial charge in [0.25, 0.3) is 0 Å². The maximum atomic E-state index is 10.2. The summed E-state index contributed by atoms with van der Waals surface area (Å²) in [6, 6.07) is 8.01. The number of hydrogen-bond acceptors (Lipinski definition) is 3. The Morgan fingerprint density at radius 1 is 1.32 bits per heavy atom. The van der Waals surface area contributed by atoms with Gasteiger partial charge >= 0.3 is 0 Å². The average molecular weight is 265 g/mol. The van der Waals surface area contributed by atoms with Crippen molar-refractivity contribution in [1.82, 2.24) is 5.32 Å². The van der Waals surface area contributed by atoms with Crippen LogP contribution < -0.4 is 10.1 Å². The Bertz CT molecular complexity index is 375. The van der Waals surface area contributed by atoms with Gasteiger partial charge in [-0.1, -0.05) is 32.0 Å². The summed E-state index contributed by atoms with van der Waals surface area (Å²) >= 11 is 0. The monoisotopic (exact) mass is 265 g/mol. The van der Waals surface area contributed by atoms with Crippen LogP contribution in [-0.2, 0) is 6.54 Å². The second-order valence-corrected chi connectivity index (χ2v) is 5.74. The number of ether oxygens (including phenoxy) is 1. The number of benzene rings is 1. The smallest absolute Gasteiger partial charge is 0.123 e. The molecular weight excluding hydrogens is 238 g/mol. The van der Waals surface area contributed by atoms with Crippen LogP contribution in [0, 0.1) is 5.92 Å². The van der Waals surface area contributed by atoms with Gasteiger partial charge in [0, 0.05) is 18.7 Å². The number of aliphatic hydroxyl groups is 1. The Morgan fingerprint density at radius 2 is 2.00 bits per heavy atom. The summed E-state index contributed by atoms with van der Waals surface area (Å²) < 4.78 is 5.58. The fourth-order valence-corrected chi connectivity index (χ4v) is 2.36. The lowest BCUT2D eigenvalue weighted by molar-refractivity contribution is 0.0383. The highest BCUT2D eigenvalue weighted by Gasteiger charge is 2.21. The maximum Gasteiger partial charge on any atom is 0.123 e. The van der Waals surface area contributed by atoms with Gasteiger partial charge in [0.05, 0.1) is 12.2 Å². The van der Waals surface area contributed by atoms with Crippen molar-refractivity contribution >= 4 is 0 Å². The Morgan fingerprint density at radius 3 is 2.63 bits per heavy atom. The molecule has 0 radical (unpaired) electrons. The van der Waals surface area contributed by atoms with Crippen LogP contribution in [0.15, 0.2) is 24.3 Å². The molecule has 108 valence electrons. The van der Waals surface area contributed by atoms with Gasteiger partial charge in [-0.2, -0.15) is 0 Å². The third kappa shape index (κ3) is 6.08. The highest BCUT2D eigenvalue weighted by atomic mass is 16.5. The molecule has 1 rings (SSSR count). The Labute approximate surface area is 117 Å². The minimum absolute atomic E-state index is 0.493. The van der Waals surface area contributed by atoms with E-state index in [0.29, 0.717) is 25.6 Å². The molecular formula is C16H27NO2. The Balaban J connectivity index is 2.49. The van der Waals surface area contributed by atoms with Crippen molar-refractivity contribution in [2.24, 2.45) is 5.92 Å². The fraction of sp³-hybridized carbons (Fsp3) is 0.625. The molecule has 0 fully saturated rings. The molecule has 1 aromatic rings. The van der Waals surface area contributed by atoms with Gasteiger partial charge in [0.1, 0.15) is 5.75 Å². The van der Waals surface area contributed by atoms with Crippen LogP contribution in [0.5, 0.6) is 5.75 Å². The van der Waals surface area contributed by atoms with Crippen molar-refractivity contribution in [1.29, 1.82) is 0 Å². The van der Waals surface area contributed by atoms with Crippen LogP contribution in [0.2, 0.25) is 0 Å². The molecule has 0 amide bonds. The van der Waals surface area contributed by atoms with E-state index in [4.69, 9.17) is 4.74 Å². The maximum absolute atomic E-state index is 10.2. The van der Waals surface area contributed by atoms with E-state index in [1.807, 2.05) is 32.0 Å². The minimum Gasteiger partial charge on any atom is -0.494 e. The van der Waals surface area contributed by atoms with Crippen molar-refractivity contribution in [3.05, 3.63) is 29.8 Å². The first-order valence-corrected chi connectivity index (χ1v) is 7.08. The van der Waals surface area contributed by atoms with Crippen molar-refractivity contribution in [3.8, 4) is 5.75 Å². The molecule has 0 aliphatic rings. The van der Waals surface area contributed by atoms with E-state index in [1.54, 1.807) is 0 Å². The van der Waals surface area contributed by atoms with Gasteiger partial charge in [-0.3, -0.25) is 0 Å². The molecule has 0 saturated carbocycles. The van der Waals surface area contributed by atoms with Crippen LogP contribution in [0.25, 0.3) is 0 Å². The van der Waals surface area contributed by atoms with Crippen LogP contribution in [0.3, 0.4) is 0 Å². The lowest BCUT2D eigenvalue weighted by Crippen LogP contribution is -2.38. The predicted molar refractivity (Wildman–Crippen MR) is 79.4 cm³/mol. The summed E-state index contributed by atoms with van der Waals surface area (Å²) in [5.41, 5.74) is 0.471. The SMILES string of the molecule is CCOc1ccccc1CNCC(C)(O)CC(C)C. The number of hydrogen-bond donors (Lipinski definition) is 2. The summed E-state index contributed by atoms with van der Waals surface area (Å²) in [5.74, 6) is 1.41. The van der Waals surface area contributed by atoms with Crippen molar-refractivity contribution < 1.29 is 9.84 Å². The quantitative estimate of drug-likeness (QED) is 0.759. The molecule has 1 atom stereocenters.